The number of anilines is 1. The van der Waals surface area contributed by atoms with Gasteiger partial charge in [-0.05, 0) is 99.5 Å². The molecule has 0 aliphatic carbocycles. The topological polar surface area (TPSA) is 111 Å². The summed E-state index contributed by atoms with van der Waals surface area (Å²) in [6.45, 7) is 8.03. The number of methoxy groups -OCH3 is 1. The van der Waals surface area contributed by atoms with Crippen LogP contribution in [0.15, 0.2) is 125 Å². The first-order valence-corrected chi connectivity index (χ1v) is 17.9. The van der Waals surface area contributed by atoms with E-state index in [9.17, 15) is 0 Å². The summed E-state index contributed by atoms with van der Waals surface area (Å²) in [6, 6.07) is 32.3. The lowest BCUT2D eigenvalue weighted by molar-refractivity contribution is 0.415. The normalized spacial score (nSPS) is 13.7. The average Bonchev–Trinajstić information content (AvgIpc) is 3.96. The zero-order valence-electron chi connectivity index (χ0n) is 32.0. The van der Waals surface area contributed by atoms with Crippen LogP contribution in [0.2, 0.25) is 0 Å². The van der Waals surface area contributed by atoms with Crippen LogP contribution in [-0.4, -0.2) is 67.5 Å². The van der Waals surface area contributed by atoms with Crippen LogP contribution >= 0.6 is 0 Å². The highest BCUT2D eigenvalue weighted by Gasteiger charge is 2.21. The molecule has 0 unspecified atom stereocenters. The Labute approximate surface area is 320 Å². The number of fused-ring (bicyclic) bond motifs is 1. The highest BCUT2D eigenvalue weighted by atomic mass is 16.5. The molecule has 5 heterocycles. The number of aryl methyl sites for hydroxylation is 4. The molecule has 0 saturated heterocycles. The Morgan fingerprint density at radius 1 is 0.764 bits per heavy atom. The third-order valence-corrected chi connectivity index (χ3v) is 8.96. The quantitative estimate of drug-likeness (QED) is 0.169. The number of hydrogen-bond acceptors (Lipinski definition) is 9. The van der Waals surface area contributed by atoms with Gasteiger partial charge in [-0.25, -0.2) is 14.7 Å². The smallest absolute Gasteiger partial charge is 0.252 e. The Bertz CT molecular complexity index is 2630. The molecule has 4 aromatic heterocycles. The second-order valence-corrected chi connectivity index (χ2v) is 13.4. The van der Waals surface area contributed by atoms with Crippen molar-refractivity contribution in [3.8, 4) is 17.3 Å². The van der Waals surface area contributed by atoms with Crippen molar-refractivity contribution in [1.82, 2.24) is 34.6 Å². The number of rotatable bonds is 7. The molecule has 0 radical (unpaired) electrons. The molecule has 0 amide bonds. The summed E-state index contributed by atoms with van der Waals surface area (Å²) >= 11 is 0. The monoisotopic (exact) mass is 726 g/mol. The molecule has 0 atom stereocenters. The number of nitrogens with zero attached hydrogens (tertiary/aromatic N) is 10. The van der Waals surface area contributed by atoms with Crippen LogP contribution in [0.1, 0.15) is 39.3 Å². The van der Waals surface area contributed by atoms with E-state index in [-0.39, 0.29) is 0 Å². The zero-order valence-corrected chi connectivity index (χ0v) is 32.0. The maximum atomic E-state index is 5.25. The van der Waals surface area contributed by atoms with E-state index in [1.165, 1.54) is 11.3 Å². The predicted octanol–water partition coefficient (Wildman–Crippen LogP) is 7.34. The fourth-order valence-electron chi connectivity index (χ4n) is 6.13. The second kappa shape index (κ2) is 15.9. The van der Waals surface area contributed by atoms with Crippen molar-refractivity contribution in [1.29, 1.82) is 0 Å². The van der Waals surface area contributed by atoms with Gasteiger partial charge in [-0.3, -0.25) is 4.98 Å². The van der Waals surface area contributed by atoms with Crippen LogP contribution in [0.25, 0.3) is 35.4 Å². The molecular formula is C44H42N10O. The van der Waals surface area contributed by atoms with Crippen molar-refractivity contribution < 1.29 is 4.74 Å². The van der Waals surface area contributed by atoms with Gasteiger partial charge in [0.15, 0.2) is 5.65 Å². The van der Waals surface area contributed by atoms with Gasteiger partial charge in [0.05, 0.1) is 24.2 Å². The molecule has 11 heteroatoms. The molecule has 1 aliphatic rings. The largest absolute Gasteiger partial charge is 0.497 e. The minimum Gasteiger partial charge on any atom is -0.497 e. The standard InChI is InChI=1S/C23H22N4O.C21H20N6/c1-15-6-5-7-19(12-15)22-21(14-18-8-10-20(28-4)11-9-18)24-23(25-22)27-17(3)13-16(2)26-27;1-15-18(8-6-7-16-10-12-17(13-11-16)26(2)3)20-23-24-21(27(20)25-15)19-9-4-5-14-22-19/h5-14H,1-4H3;4-14H,1-3H3/b;7-6+,18-8+. The molecule has 274 valence electrons. The summed E-state index contributed by atoms with van der Waals surface area (Å²) in [7, 11) is 5.73. The van der Waals surface area contributed by atoms with E-state index in [1.54, 1.807) is 22.5 Å². The highest BCUT2D eigenvalue weighted by Crippen LogP contribution is 2.23. The number of hydrogen-bond donors (Lipinski definition) is 0. The summed E-state index contributed by atoms with van der Waals surface area (Å²) < 4.78 is 8.79. The van der Waals surface area contributed by atoms with Crippen LogP contribution in [-0.2, 0) is 0 Å². The maximum Gasteiger partial charge on any atom is 0.252 e. The van der Waals surface area contributed by atoms with Gasteiger partial charge in [0.1, 0.15) is 17.2 Å². The molecule has 55 heavy (non-hydrogen) atoms. The van der Waals surface area contributed by atoms with Crippen molar-refractivity contribution in [3.63, 3.8) is 0 Å². The van der Waals surface area contributed by atoms with E-state index >= 15 is 0 Å². The predicted molar refractivity (Wildman–Crippen MR) is 221 cm³/mol. The van der Waals surface area contributed by atoms with Crippen molar-refractivity contribution in [2.24, 2.45) is 9.98 Å². The number of ether oxygens (including phenoxy) is 1. The number of aliphatic imine (C=N–C) groups is 2. The minimum atomic E-state index is 0.585. The van der Waals surface area contributed by atoms with E-state index in [2.05, 4.69) is 85.7 Å². The van der Waals surface area contributed by atoms with Crippen LogP contribution < -0.4 is 14.9 Å². The lowest BCUT2D eigenvalue weighted by Crippen LogP contribution is -2.11. The lowest BCUT2D eigenvalue weighted by Gasteiger charge is -2.11. The fraction of sp³-hybridized carbons (Fsp3) is 0.159. The molecule has 0 fully saturated rings. The van der Waals surface area contributed by atoms with E-state index in [0.29, 0.717) is 11.8 Å². The highest BCUT2D eigenvalue weighted by molar-refractivity contribution is 6.23. The van der Waals surface area contributed by atoms with Gasteiger partial charge in [0.2, 0.25) is 5.82 Å². The van der Waals surface area contributed by atoms with Crippen LogP contribution in [0.5, 0.6) is 5.75 Å². The van der Waals surface area contributed by atoms with Crippen molar-refractivity contribution >= 4 is 41.2 Å². The zero-order chi connectivity index (χ0) is 38.5. The molecule has 0 N–H and O–H groups in total. The van der Waals surface area contributed by atoms with Crippen molar-refractivity contribution in [2.45, 2.75) is 27.7 Å². The lowest BCUT2D eigenvalue weighted by atomic mass is 10.0. The van der Waals surface area contributed by atoms with Gasteiger partial charge in [-0.2, -0.15) is 14.7 Å². The molecule has 11 nitrogen and oxygen atoms in total. The van der Waals surface area contributed by atoms with Crippen LogP contribution in [0, 0.1) is 27.7 Å². The summed E-state index contributed by atoms with van der Waals surface area (Å²) in [5, 5.41) is 18.7. The Hall–Kier alpha value is -7.01. The Morgan fingerprint density at radius 3 is 2.22 bits per heavy atom. The van der Waals surface area contributed by atoms with Gasteiger partial charge < -0.3 is 9.64 Å². The molecule has 0 saturated carbocycles. The van der Waals surface area contributed by atoms with E-state index in [1.807, 2.05) is 108 Å². The number of allylic oxidation sites excluding steroid dienone is 2. The summed E-state index contributed by atoms with van der Waals surface area (Å²) in [5.74, 6) is 2.06. The number of benzene rings is 3. The first-order valence-electron chi connectivity index (χ1n) is 17.9. The maximum absolute atomic E-state index is 5.25. The molecule has 0 bridgehead atoms. The van der Waals surface area contributed by atoms with E-state index < -0.39 is 0 Å². The summed E-state index contributed by atoms with van der Waals surface area (Å²) in [4.78, 5) is 16.1. The molecule has 0 spiro atoms. The van der Waals surface area contributed by atoms with Crippen molar-refractivity contribution in [2.75, 3.05) is 26.1 Å². The minimum absolute atomic E-state index is 0.585. The molecule has 1 aliphatic heterocycles. The van der Waals surface area contributed by atoms with Crippen molar-refractivity contribution in [3.05, 3.63) is 160 Å². The van der Waals surface area contributed by atoms with Crippen LogP contribution in [0.3, 0.4) is 0 Å². The molecular weight excluding hydrogens is 685 g/mol. The van der Waals surface area contributed by atoms with Gasteiger partial charge in [-0.1, -0.05) is 66.2 Å². The second-order valence-electron chi connectivity index (χ2n) is 13.4. The van der Waals surface area contributed by atoms with E-state index in [4.69, 9.17) is 14.7 Å². The Kier molecular flexibility index (Phi) is 10.5. The first kappa shape index (κ1) is 36.4. The average molecular weight is 727 g/mol. The molecule has 3 aromatic carbocycles. The third kappa shape index (κ3) is 8.16. The fourth-order valence-corrected chi connectivity index (χ4v) is 6.13. The Morgan fingerprint density at radius 2 is 1.55 bits per heavy atom. The summed E-state index contributed by atoms with van der Waals surface area (Å²) in [5.41, 5.74) is 11.6. The summed E-state index contributed by atoms with van der Waals surface area (Å²) in [6.07, 6.45) is 9.89. The van der Waals surface area contributed by atoms with E-state index in [0.717, 1.165) is 67.5 Å². The number of aromatic nitrogens is 7. The number of pyridine rings is 1. The Balaban J connectivity index is 0.000000169. The van der Waals surface area contributed by atoms with Crippen LogP contribution in [0.4, 0.5) is 5.69 Å². The van der Waals surface area contributed by atoms with Gasteiger partial charge >= 0.3 is 0 Å². The van der Waals surface area contributed by atoms with Gasteiger partial charge in [0, 0.05) is 42.5 Å². The van der Waals surface area contributed by atoms with Gasteiger partial charge in [-0.15, -0.1) is 10.2 Å². The van der Waals surface area contributed by atoms with Gasteiger partial charge in [0.25, 0.3) is 5.96 Å². The SMILES string of the molecule is COc1ccc(C=C2N=C(n3nc(C)cc3C)N=C2c2cccc(C)c2)cc1.Cc1nn2c(-c3ccccn3)nnc2/c1=C/C=C/c1ccc(N(C)C)cc1. The third-order valence-electron chi connectivity index (χ3n) is 8.96. The first-order chi connectivity index (χ1) is 26.7. The molecule has 7 aromatic rings. The molecule has 8 rings (SSSR count).